The topological polar surface area (TPSA) is 42.0 Å². The van der Waals surface area contributed by atoms with Gasteiger partial charge < -0.3 is 5.32 Å². The number of nitrogens with zero attached hydrogens (tertiary/aromatic N) is 1. The van der Waals surface area contributed by atoms with Crippen molar-refractivity contribution in [1.29, 1.82) is 0 Å². The van der Waals surface area contributed by atoms with E-state index < -0.39 is 0 Å². The molecule has 0 saturated carbocycles. The fourth-order valence-electron chi connectivity index (χ4n) is 1.99. The Labute approximate surface area is 117 Å². The Morgan fingerprint density at radius 1 is 1.32 bits per heavy atom. The SMILES string of the molecule is Cc1cccc(CC(=O)NCc2sc(C)nc2C)c1. The molecular weight excluding hydrogens is 256 g/mol. The fourth-order valence-corrected chi connectivity index (χ4v) is 2.86. The third kappa shape index (κ3) is 3.89. The molecule has 0 saturated heterocycles. The molecule has 2 aromatic rings. The van der Waals surface area contributed by atoms with Crippen molar-refractivity contribution in [2.75, 3.05) is 0 Å². The molecule has 0 bridgehead atoms. The lowest BCUT2D eigenvalue weighted by Gasteiger charge is -2.05. The van der Waals surface area contributed by atoms with Gasteiger partial charge in [0, 0.05) is 4.88 Å². The second kappa shape index (κ2) is 5.97. The first kappa shape index (κ1) is 13.7. The number of carbonyl (C=O) groups excluding carboxylic acids is 1. The lowest BCUT2D eigenvalue weighted by atomic mass is 10.1. The van der Waals surface area contributed by atoms with E-state index in [4.69, 9.17) is 0 Å². The average molecular weight is 274 g/mol. The summed E-state index contributed by atoms with van der Waals surface area (Å²) in [5, 5.41) is 3.99. The number of carbonyl (C=O) groups is 1. The van der Waals surface area contributed by atoms with Gasteiger partial charge in [-0.2, -0.15) is 0 Å². The molecule has 19 heavy (non-hydrogen) atoms. The van der Waals surface area contributed by atoms with Crippen LogP contribution >= 0.6 is 11.3 Å². The van der Waals surface area contributed by atoms with Crippen LogP contribution in [0.4, 0.5) is 0 Å². The van der Waals surface area contributed by atoms with Crippen LogP contribution in [0, 0.1) is 20.8 Å². The fraction of sp³-hybridized carbons (Fsp3) is 0.333. The molecule has 1 N–H and O–H groups in total. The molecule has 1 heterocycles. The summed E-state index contributed by atoms with van der Waals surface area (Å²) in [5.74, 6) is 0.0519. The van der Waals surface area contributed by atoms with E-state index in [1.165, 1.54) is 5.56 Å². The summed E-state index contributed by atoms with van der Waals surface area (Å²) in [5.41, 5.74) is 3.24. The van der Waals surface area contributed by atoms with E-state index in [-0.39, 0.29) is 5.91 Å². The zero-order valence-electron chi connectivity index (χ0n) is 11.5. The predicted molar refractivity (Wildman–Crippen MR) is 78.3 cm³/mol. The van der Waals surface area contributed by atoms with Gasteiger partial charge in [-0.05, 0) is 26.3 Å². The molecule has 0 radical (unpaired) electrons. The summed E-state index contributed by atoms with van der Waals surface area (Å²) >= 11 is 1.64. The Morgan fingerprint density at radius 3 is 2.74 bits per heavy atom. The van der Waals surface area contributed by atoms with Crippen LogP contribution in [0.15, 0.2) is 24.3 Å². The standard InChI is InChI=1S/C15H18N2OS/c1-10-5-4-6-13(7-10)8-15(18)16-9-14-11(2)17-12(3)19-14/h4-7H,8-9H2,1-3H3,(H,16,18). The highest BCUT2D eigenvalue weighted by Gasteiger charge is 2.07. The highest BCUT2D eigenvalue weighted by atomic mass is 32.1. The van der Waals surface area contributed by atoms with Crippen molar-refractivity contribution >= 4 is 17.2 Å². The normalized spacial score (nSPS) is 10.5. The van der Waals surface area contributed by atoms with Crippen molar-refractivity contribution in [3.8, 4) is 0 Å². The molecule has 0 aliphatic rings. The van der Waals surface area contributed by atoms with Gasteiger partial charge in [0.05, 0.1) is 23.7 Å². The second-order valence-electron chi connectivity index (χ2n) is 4.68. The van der Waals surface area contributed by atoms with Crippen molar-refractivity contribution in [1.82, 2.24) is 10.3 Å². The van der Waals surface area contributed by atoms with Gasteiger partial charge in [0.2, 0.25) is 5.91 Å². The Balaban J connectivity index is 1.90. The van der Waals surface area contributed by atoms with Crippen LogP contribution in [0.3, 0.4) is 0 Å². The summed E-state index contributed by atoms with van der Waals surface area (Å²) < 4.78 is 0. The molecule has 0 fully saturated rings. The smallest absolute Gasteiger partial charge is 0.224 e. The number of hydrogen-bond acceptors (Lipinski definition) is 3. The van der Waals surface area contributed by atoms with Gasteiger partial charge in [0.25, 0.3) is 0 Å². The minimum atomic E-state index is 0.0519. The molecule has 2 rings (SSSR count). The first-order valence-corrected chi connectivity index (χ1v) is 7.11. The zero-order valence-corrected chi connectivity index (χ0v) is 12.3. The van der Waals surface area contributed by atoms with Gasteiger partial charge in [0.15, 0.2) is 0 Å². The number of nitrogens with one attached hydrogen (secondary N) is 1. The van der Waals surface area contributed by atoms with E-state index in [1.54, 1.807) is 11.3 Å². The van der Waals surface area contributed by atoms with Gasteiger partial charge in [-0.25, -0.2) is 4.98 Å². The molecule has 0 atom stereocenters. The number of amides is 1. The zero-order chi connectivity index (χ0) is 13.8. The average Bonchev–Trinajstić information content (AvgIpc) is 2.65. The Hall–Kier alpha value is -1.68. The maximum Gasteiger partial charge on any atom is 0.224 e. The molecule has 0 unspecified atom stereocenters. The third-order valence-electron chi connectivity index (χ3n) is 2.89. The van der Waals surface area contributed by atoms with Gasteiger partial charge in [-0.3, -0.25) is 4.79 Å². The number of hydrogen-bond donors (Lipinski definition) is 1. The van der Waals surface area contributed by atoms with Crippen LogP contribution in [0.25, 0.3) is 0 Å². The van der Waals surface area contributed by atoms with Crippen molar-refractivity contribution in [2.45, 2.75) is 33.7 Å². The highest BCUT2D eigenvalue weighted by Crippen LogP contribution is 2.16. The molecule has 4 heteroatoms. The number of benzene rings is 1. The third-order valence-corrected chi connectivity index (χ3v) is 3.97. The minimum absolute atomic E-state index is 0.0519. The first-order chi connectivity index (χ1) is 9.04. The molecule has 1 amide bonds. The molecule has 0 spiro atoms. The van der Waals surface area contributed by atoms with E-state index in [2.05, 4.69) is 10.3 Å². The largest absolute Gasteiger partial charge is 0.351 e. The quantitative estimate of drug-likeness (QED) is 0.931. The molecule has 3 nitrogen and oxygen atoms in total. The number of aryl methyl sites for hydroxylation is 3. The monoisotopic (exact) mass is 274 g/mol. The van der Waals surface area contributed by atoms with E-state index in [1.807, 2.05) is 45.0 Å². The van der Waals surface area contributed by atoms with E-state index in [0.717, 1.165) is 21.1 Å². The minimum Gasteiger partial charge on any atom is -0.351 e. The summed E-state index contributed by atoms with van der Waals surface area (Å²) in [4.78, 5) is 17.4. The maximum absolute atomic E-state index is 11.9. The predicted octanol–water partition coefficient (Wildman–Crippen LogP) is 2.93. The van der Waals surface area contributed by atoms with Crippen LogP contribution in [-0.4, -0.2) is 10.9 Å². The van der Waals surface area contributed by atoms with E-state index in [0.29, 0.717) is 13.0 Å². The van der Waals surface area contributed by atoms with Gasteiger partial charge in [-0.15, -0.1) is 11.3 Å². The van der Waals surface area contributed by atoms with Crippen LogP contribution in [0.5, 0.6) is 0 Å². The Bertz CT molecular complexity index is 590. The van der Waals surface area contributed by atoms with Crippen molar-refractivity contribution in [2.24, 2.45) is 0 Å². The van der Waals surface area contributed by atoms with Crippen molar-refractivity contribution < 1.29 is 4.79 Å². The Kier molecular flexibility index (Phi) is 4.32. The molecule has 0 aliphatic heterocycles. The van der Waals surface area contributed by atoms with Crippen molar-refractivity contribution in [3.05, 3.63) is 51.0 Å². The summed E-state index contributed by atoms with van der Waals surface area (Å²) in [6.07, 6.45) is 0.429. The van der Waals surface area contributed by atoms with Crippen LogP contribution in [0.2, 0.25) is 0 Å². The van der Waals surface area contributed by atoms with Gasteiger partial charge in [-0.1, -0.05) is 29.8 Å². The highest BCUT2D eigenvalue weighted by molar-refractivity contribution is 7.11. The van der Waals surface area contributed by atoms with Gasteiger partial charge >= 0.3 is 0 Å². The Morgan fingerprint density at radius 2 is 2.11 bits per heavy atom. The second-order valence-corrected chi connectivity index (χ2v) is 5.97. The molecule has 1 aromatic heterocycles. The molecule has 0 aliphatic carbocycles. The number of thiazole rings is 1. The molecule has 100 valence electrons. The maximum atomic E-state index is 11.9. The summed E-state index contributed by atoms with van der Waals surface area (Å²) in [6.45, 7) is 6.56. The molecular formula is C15H18N2OS. The van der Waals surface area contributed by atoms with E-state index >= 15 is 0 Å². The van der Waals surface area contributed by atoms with Gasteiger partial charge in [0.1, 0.15) is 0 Å². The number of rotatable bonds is 4. The summed E-state index contributed by atoms with van der Waals surface area (Å²) in [6, 6.07) is 8.04. The number of aromatic nitrogens is 1. The lowest BCUT2D eigenvalue weighted by molar-refractivity contribution is -0.120. The van der Waals surface area contributed by atoms with Crippen LogP contribution in [0.1, 0.15) is 26.7 Å². The summed E-state index contributed by atoms with van der Waals surface area (Å²) in [7, 11) is 0. The molecule has 1 aromatic carbocycles. The van der Waals surface area contributed by atoms with Crippen LogP contribution < -0.4 is 5.32 Å². The van der Waals surface area contributed by atoms with Crippen molar-refractivity contribution in [3.63, 3.8) is 0 Å². The van der Waals surface area contributed by atoms with Crippen LogP contribution in [-0.2, 0) is 17.8 Å². The van der Waals surface area contributed by atoms with E-state index in [9.17, 15) is 4.79 Å². The first-order valence-electron chi connectivity index (χ1n) is 6.30. The lowest BCUT2D eigenvalue weighted by Crippen LogP contribution is -2.24.